The van der Waals surface area contributed by atoms with Crippen molar-refractivity contribution in [1.29, 1.82) is 0 Å². The number of nitrogens with zero attached hydrogens (tertiary/aromatic N) is 4. The van der Waals surface area contributed by atoms with E-state index in [-0.39, 0.29) is 0 Å². The average molecular weight is 270 g/mol. The van der Waals surface area contributed by atoms with Gasteiger partial charge in [-0.2, -0.15) is 4.98 Å². The molecule has 0 amide bonds. The Labute approximate surface area is 118 Å². The zero-order chi connectivity index (χ0) is 13.8. The summed E-state index contributed by atoms with van der Waals surface area (Å²) in [6, 6.07) is 6.01. The van der Waals surface area contributed by atoms with Gasteiger partial charge in [0.05, 0.1) is 5.69 Å². The third-order valence-electron chi connectivity index (χ3n) is 3.36. The van der Waals surface area contributed by atoms with Crippen LogP contribution in [0.15, 0.2) is 30.6 Å². The van der Waals surface area contributed by atoms with Crippen LogP contribution >= 0.6 is 0 Å². The van der Waals surface area contributed by atoms with Gasteiger partial charge in [-0.3, -0.25) is 4.98 Å². The molecule has 1 aliphatic rings. The number of nitrogen functional groups attached to an aromatic ring is 1. The highest BCUT2D eigenvalue weighted by molar-refractivity contribution is 5.44. The number of nitrogens with two attached hydrogens (primary N) is 1. The molecule has 0 saturated carbocycles. The van der Waals surface area contributed by atoms with E-state index in [2.05, 4.69) is 25.2 Å². The largest absolute Gasteiger partial charge is 0.368 e. The molecular weight excluding hydrogens is 252 g/mol. The SMILES string of the molecule is Nc1nc(Cc2ccncc2)cc(N2CCNCC2)n1. The third-order valence-corrected chi connectivity index (χ3v) is 3.36. The smallest absolute Gasteiger partial charge is 0.222 e. The van der Waals surface area contributed by atoms with E-state index >= 15 is 0 Å². The van der Waals surface area contributed by atoms with Crippen LogP contribution in [0, 0.1) is 0 Å². The Kier molecular flexibility index (Phi) is 3.73. The topological polar surface area (TPSA) is 80.0 Å². The zero-order valence-corrected chi connectivity index (χ0v) is 11.3. The molecule has 3 heterocycles. The number of aromatic nitrogens is 3. The molecule has 2 aromatic rings. The van der Waals surface area contributed by atoms with Gasteiger partial charge in [0.1, 0.15) is 5.82 Å². The van der Waals surface area contributed by atoms with Crippen molar-refractivity contribution < 1.29 is 0 Å². The fraction of sp³-hybridized carbons (Fsp3) is 0.357. The van der Waals surface area contributed by atoms with Gasteiger partial charge in [0, 0.05) is 51.1 Å². The second kappa shape index (κ2) is 5.83. The second-order valence-corrected chi connectivity index (χ2v) is 4.84. The first-order chi connectivity index (χ1) is 9.81. The number of anilines is 2. The molecular formula is C14H18N6. The van der Waals surface area contributed by atoms with E-state index < -0.39 is 0 Å². The predicted molar refractivity (Wildman–Crippen MR) is 78.6 cm³/mol. The van der Waals surface area contributed by atoms with Gasteiger partial charge in [-0.25, -0.2) is 4.98 Å². The Morgan fingerprint density at radius 2 is 1.90 bits per heavy atom. The average Bonchev–Trinajstić information content (AvgIpc) is 2.49. The summed E-state index contributed by atoms with van der Waals surface area (Å²) >= 11 is 0. The Bertz CT molecular complexity index is 565. The van der Waals surface area contributed by atoms with Crippen molar-refractivity contribution in [2.24, 2.45) is 0 Å². The van der Waals surface area contributed by atoms with Crippen molar-refractivity contribution in [1.82, 2.24) is 20.3 Å². The fourth-order valence-corrected chi connectivity index (χ4v) is 2.36. The Morgan fingerprint density at radius 1 is 1.15 bits per heavy atom. The van der Waals surface area contributed by atoms with Gasteiger partial charge in [-0.1, -0.05) is 0 Å². The summed E-state index contributed by atoms with van der Waals surface area (Å²) in [6.45, 7) is 3.85. The highest BCUT2D eigenvalue weighted by atomic mass is 15.2. The lowest BCUT2D eigenvalue weighted by Gasteiger charge is -2.28. The van der Waals surface area contributed by atoms with Crippen molar-refractivity contribution in [3.63, 3.8) is 0 Å². The molecule has 0 radical (unpaired) electrons. The lowest BCUT2D eigenvalue weighted by molar-refractivity contribution is 0.584. The lowest BCUT2D eigenvalue weighted by Crippen LogP contribution is -2.44. The summed E-state index contributed by atoms with van der Waals surface area (Å²) in [4.78, 5) is 14.9. The first-order valence-corrected chi connectivity index (χ1v) is 6.79. The van der Waals surface area contributed by atoms with Gasteiger partial charge in [-0.05, 0) is 17.7 Å². The highest BCUT2D eigenvalue weighted by Gasteiger charge is 2.13. The number of nitrogens with one attached hydrogen (secondary N) is 1. The lowest BCUT2D eigenvalue weighted by atomic mass is 10.1. The van der Waals surface area contributed by atoms with Crippen LogP contribution in [0.3, 0.4) is 0 Å². The van der Waals surface area contributed by atoms with Crippen molar-refractivity contribution in [3.05, 3.63) is 41.9 Å². The zero-order valence-electron chi connectivity index (χ0n) is 11.3. The maximum absolute atomic E-state index is 5.84. The molecule has 104 valence electrons. The monoisotopic (exact) mass is 270 g/mol. The second-order valence-electron chi connectivity index (χ2n) is 4.84. The van der Waals surface area contributed by atoms with Crippen LogP contribution in [0.5, 0.6) is 0 Å². The summed E-state index contributed by atoms with van der Waals surface area (Å²) in [7, 11) is 0. The Hall–Kier alpha value is -2.21. The molecule has 6 nitrogen and oxygen atoms in total. The molecule has 1 fully saturated rings. The maximum Gasteiger partial charge on any atom is 0.222 e. The van der Waals surface area contributed by atoms with Gasteiger partial charge in [0.2, 0.25) is 5.95 Å². The molecule has 3 rings (SSSR count). The van der Waals surface area contributed by atoms with Crippen LogP contribution in [0.2, 0.25) is 0 Å². The number of rotatable bonds is 3. The van der Waals surface area contributed by atoms with Gasteiger partial charge in [-0.15, -0.1) is 0 Å². The molecule has 0 bridgehead atoms. The van der Waals surface area contributed by atoms with Crippen molar-refractivity contribution in [2.45, 2.75) is 6.42 Å². The van der Waals surface area contributed by atoms with E-state index in [4.69, 9.17) is 5.73 Å². The Balaban J connectivity index is 1.82. The van der Waals surface area contributed by atoms with Crippen LogP contribution in [0.4, 0.5) is 11.8 Å². The number of hydrogen-bond donors (Lipinski definition) is 2. The standard InChI is InChI=1S/C14H18N6/c15-14-18-12(9-11-1-3-16-4-2-11)10-13(19-14)20-7-5-17-6-8-20/h1-4,10,17H,5-9H2,(H2,15,18,19). The summed E-state index contributed by atoms with van der Waals surface area (Å²) in [5, 5.41) is 3.33. The van der Waals surface area contributed by atoms with Gasteiger partial charge >= 0.3 is 0 Å². The molecule has 20 heavy (non-hydrogen) atoms. The Morgan fingerprint density at radius 3 is 2.65 bits per heavy atom. The molecule has 0 atom stereocenters. The van der Waals surface area contributed by atoms with E-state index in [1.807, 2.05) is 18.2 Å². The summed E-state index contributed by atoms with van der Waals surface area (Å²) < 4.78 is 0. The summed E-state index contributed by atoms with van der Waals surface area (Å²) in [6.07, 6.45) is 4.32. The van der Waals surface area contributed by atoms with Crippen LogP contribution in [0.1, 0.15) is 11.3 Å². The van der Waals surface area contributed by atoms with Crippen molar-refractivity contribution in [2.75, 3.05) is 36.8 Å². The van der Waals surface area contributed by atoms with Gasteiger partial charge in [0.25, 0.3) is 0 Å². The first kappa shape index (κ1) is 12.8. The molecule has 0 aromatic carbocycles. The van der Waals surface area contributed by atoms with Crippen LogP contribution in [-0.2, 0) is 6.42 Å². The van der Waals surface area contributed by atoms with Gasteiger partial charge in [0.15, 0.2) is 0 Å². The normalized spacial score (nSPS) is 15.3. The highest BCUT2D eigenvalue weighted by Crippen LogP contribution is 2.16. The minimum absolute atomic E-state index is 0.338. The molecule has 1 saturated heterocycles. The van der Waals surface area contributed by atoms with E-state index in [0.29, 0.717) is 5.95 Å². The minimum Gasteiger partial charge on any atom is -0.368 e. The minimum atomic E-state index is 0.338. The molecule has 3 N–H and O–H groups in total. The number of hydrogen-bond acceptors (Lipinski definition) is 6. The quantitative estimate of drug-likeness (QED) is 0.843. The molecule has 0 unspecified atom stereocenters. The summed E-state index contributed by atoms with van der Waals surface area (Å²) in [5.74, 6) is 1.26. The van der Waals surface area contributed by atoms with Crippen LogP contribution < -0.4 is 16.0 Å². The third kappa shape index (κ3) is 3.03. The van der Waals surface area contributed by atoms with Crippen molar-refractivity contribution >= 4 is 11.8 Å². The summed E-state index contributed by atoms with van der Waals surface area (Å²) in [5.41, 5.74) is 7.96. The molecule has 0 spiro atoms. The molecule has 0 aliphatic carbocycles. The van der Waals surface area contributed by atoms with Crippen LogP contribution in [-0.4, -0.2) is 41.1 Å². The van der Waals surface area contributed by atoms with E-state index in [0.717, 1.165) is 44.1 Å². The predicted octanol–water partition coefficient (Wildman–Crippen LogP) is 0.454. The number of pyridine rings is 1. The number of piperazine rings is 1. The van der Waals surface area contributed by atoms with Gasteiger partial charge < -0.3 is 16.0 Å². The van der Waals surface area contributed by atoms with Crippen molar-refractivity contribution in [3.8, 4) is 0 Å². The molecule has 6 heteroatoms. The van der Waals surface area contributed by atoms with E-state index in [1.165, 1.54) is 5.56 Å². The molecule has 1 aliphatic heterocycles. The van der Waals surface area contributed by atoms with Crippen LogP contribution in [0.25, 0.3) is 0 Å². The molecule has 2 aromatic heterocycles. The maximum atomic E-state index is 5.84. The van der Waals surface area contributed by atoms with E-state index in [9.17, 15) is 0 Å². The van der Waals surface area contributed by atoms with E-state index in [1.54, 1.807) is 12.4 Å². The fourth-order valence-electron chi connectivity index (χ4n) is 2.36. The first-order valence-electron chi connectivity index (χ1n) is 6.79.